The minimum atomic E-state index is -4.70. The van der Waals surface area contributed by atoms with Crippen LogP contribution in [0.25, 0.3) is 0 Å². The second-order valence-corrected chi connectivity index (χ2v) is 2.84. The highest BCUT2D eigenvalue weighted by atomic mass is 35.5. The van der Waals surface area contributed by atoms with Crippen molar-refractivity contribution in [1.82, 2.24) is 0 Å². The van der Waals surface area contributed by atoms with Gasteiger partial charge in [0.25, 0.3) is 0 Å². The Morgan fingerprint density at radius 3 is 2.31 bits per heavy atom. The van der Waals surface area contributed by atoms with Crippen molar-refractivity contribution < 1.29 is 22.3 Å². The van der Waals surface area contributed by atoms with Gasteiger partial charge in [-0.1, -0.05) is 6.08 Å². The number of hydrogen-bond donors (Lipinski definition) is 0. The maximum absolute atomic E-state index is 12.3. The molecule has 0 fully saturated rings. The summed E-state index contributed by atoms with van der Waals surface area (Å²) >= 11 is 4.59. The van der Waals surface area contributed by atoms with E-state index in [9.17, 15) is 18.0 Å². The Morgan fingerprint density at radius 2 is 2.08 bits per heavy atom. The third-order valence-corrected chi connectivity index (χ3v) is 1.84. The van der Waals surface area contributed by atoms with E-state index < -0.39 is 24.0 Å². The molecule has 0 aliphatic rings. The molecule has 0 heterocycles. The highest BCUT2D eigenvalue weighted by Crippen LogP contribution is 2.42. The van der Waals surface area contributed by atoms with E-state index in [1.807, 2.05) is 0 Å². The summed E-state index contributed by atoms with van der Waals surface area (Å²) in [5, 5.41) is 0. The van der Waals surface area contributed by atoms with Crippen molar-refractivity contribution in [2.45, 2.75) is 19.5 Å². The third kappa shape index (κ3) is 2.37. The van der Waals surface area contributed by atoms with Gasteiger partial charge in [0.15, 0.2) is 5.41 Å². The summed E-state index contributed by atoms with van der Waals surface area (Å²) < 4.78 is 40.5. The Kier molecular flexibility index (Phi) is 3.78. The molecule has 0 saturated heterocycles. The summed E-state index contributed by atoms with van der Waals surface area (Å²) in [5.74, 6) is -1.53. The maximum Gasteiger partial charge on any atom is 0.404 e. The summed E-state index contributed by atoms with van der Waals surface area (Å²) in [6, 6.07) is 0. The van der Waals surface area contributed by atoms with Crippen molar-refractivity contribution in [2.75, 3.05) is 0 Å². The normalized spacial score (nSPS) is 16.1. The fourth-order valence-electron chi connectivity index (χ4n) is 0.689. The fourth-order valence-corrected chi connectivity index (χ4v) is 0.859. The van der Waals surface area contributed by atoms with Gasteiger partial charge in [0, 0.05) is 0 Å². The van der Waals surface area contributed by atoms with Crippen LogP contribution in [0.15, 0.2) is 12.7 Å². The summed E-state index contributed by atoms with van der Waals surface area (Å²) in [6.45, 7) is 3.83. The van der Waals surface area contributed by atoms with E-state index in [0.717, 1.165) is 6.08 Å². The zero-order valence-corrected chi connectivity index (χ0v) is 7.58. The molecule has 6 heteroatoms. The first-order valence-electron chi connectivity index (χ1n) is 3.30. The Balaban J connectivity index is 4.94. The van der Waals surface area contributed by atoms with Gasteiger partial charge in [0.1, 0.15) is 11.9 Å². The zero-order valence-electron chi connectivity index (χ0n) is 6.82. The van der Waals surface area contributed by atoms with Crippen molar-refractivity contribution >= 4 is 17.8 Å². The van der Waals surface area contributed by atoms with Crippen molar-refractivity contribution in [1.29, 1.82) is 0 Å². The van der Waals surface area contributed by atoms with Gasteiger partial charge in [-0.3, -0.25) is 0 Å². The molecule has 2 nitrogen and oxygen atoms in total. The largest absolute Gasteiger partial charge is 0.404 e. The van der Waals surface area contributed by atoms with Gasteiger partial charge in [0.05, 0.1) is 0 Å². The first-order valence-corrected chi connectivity index (χ1v) is 3.61. The summed E-state index contributed by atoms with van der Waals surface area (Å²) in [4.78, 5) is 10.7. The van der Waals surface area contributed by atoms with Gasteiger partial charge in [-0.25, -0.2) is 4.79 Å². The molecule has 0 amide bonds. The topological polar surface area (TPSA) is 26.3 Å². The smallest absolute Gasteiger partial charge is 0.347 e. The van der Waals surface area contributed by atoms with Gasteiger partial charge in [-0.15, -0.1) is 6.58 Å². The average molecular weight is 217 g/mol. The highest BCUT2D eigenvalue weighted by molar-refractivity contribution is 6.13. The lowest BCUT2D eigenvalue weighted by Crippen LogP contribution is -2.42. The van der Waals surface area contributed by atoms with Gasteiger partial charge in [-0.05, 0) is 13.3 Å². The SMILES string of the molecule is C=CCC(C)(C(=O)OCl)C(F)(F)F. The van der Waals surface area contributed by atoms with E-state index in [4.69, 9.17) is 0 Å². The first kappa shape index (κ1) is 12.3. The lowest BCUT2D eigenvalue weighted by molar-refractivity contribution is -0.223. The minimum Gasteiger partial charge on any atom is -0.347 e. The van der Waals surface area contributed by atoms with Crippen LogP contribution in [0.2, 0.25) is 0 Å². The Hall–Kier alpha value is -0.710. The van der Waals surface area contributed by atoms with Crippen LogP contribution in [0, 0.1) is 5.41 Å². The maximum atomic E-state index is 12.3. The monoisotopic (exact) mass is 216 g/mol. The van der Waals surface area contributed by atoms with Crippen molar-refractivity contribution in [3.05, 3.63) is 12.7 Å². The molecular formula is C7H8ClF3O2. The van der Waals surface area contributed by atoms with Crippen LogP contribution in [0.4, 0.5) is 13.2 Å². The molecule has 0 aliphatic carbocycles. The van der Waals surface area contributed by atoms with Crippen molar-refractivity contribution in [2.24, 2.45) is 5.41 Å². The van der Waals surface area contributed by atoms with Crippen LogP contribution in [0.5, 0.6) is 0 Å². The number of carbonyl (C=O) groups excluding carboxylic acids is 1. The molecule has 0 aromatic carbocycles. The molecule has 0 aromatic rings. The molecule has 0 radical (unpaired) electrons. The minimum absolute atomic E-state index is 0.567. The number of hydrogen-bond acceptors (Lipinski definition) is 2. The summed E-state index contributed by atoms with van der Waals surface area (Å²) in [7, 11) is 0. The lowest BCUT2D eigenvalue weighted by Gasteiger charge is -2.26. The molecule has 0 rings (SSSR count). The number of carbonyl (C=O) groups is 1. The molecule has 13 heavy (non-hydrogen) atoms. The van der Waals surface area contributed by atoms with Crippen LogP contribution >= 0.6 is 11.9 Å². The molecule has 0 aromatic heterocycles. The van der Waals surface area contributed by atoms with E-state index in [1.165, 1.54) is 0 Å². The summed E-state index contributed by atoms with van der Waals surface area (Å²) in [5.41, 5.74) is -2.61. The van der Waals surface area contributed by atoms with Gasteiger partial charge in [-0.2, -0.15) is 13.2 Å². The zero-order chi connectivity index (χ0) is 10.7. The van der Waals surface area contributed by atoms with Crippen molar-refractivity contribution in [3.63, 3.8) is 0 Å². The predicted molar refractivity (Wildman–Crippen MR) is 40.9 cm³/mol. The third-order valence-electron chi connectivity index (χ3n) is 1.70. The predicted octanol–water partition coefficient (Wildman–Crippen LogP) is 2.83. The lowest BCUT2D eigenvalue weighted by atomic mass is 9.86. The van der Waals surface area contributed by atoms with Crippen molar-refractivity contribution in [3.8, 4) is 0 Å². The number of rotatable bonds is 3. The number of halogens is 4. The van der Waals surface area contributed by atoms with E-state index in [1.54, 1.807) is 0 Å². The number of alkyl halides is 3. The van der Waals surface area contributed by atoms with Crippen LogP contribution < -0.4 is 0 Å². The molecule has 0 aliphatic heterocycles. The Bertz CT molecular complexity index is 214. The van der Waals surface area contributed by atoms with Gasteiger partial charge < -0.3 is 4.29 Å². The molecule has 0 bridgehead atoms. The van der Waals surface area contributed by atoms with Crippen LogP contribution in [0.1, 0.15) is 13.3 Å². The van der Waals surface area contributed by atoms with Crippen LogP contribution in [-0.2, 0) is 9.08 Å². The molecule has 0 saturated carbocycles. The molecule has 76 valence electrons. The molecule has 1 atom stereocenters. The second kappa shape index (κ2) is 4.00. The fraction of sp³-hybridized carbons (Fsp3) is 0.571. The van der Waals surface area contributed by atoms with Crippen LogP contribution in [0.3, 0.4) is 0 Å². The first-order chi connectivity index (χ1) is 5.79. The Labute approximate surface area is 78.5 Å². The second-order valence-electron chi connectivity index (χ2n) is 2.69. The van der Waals surface area contributed by atoms with E-state index in [2.05, 4.69) is 22.7 Å². The van der Waals surface area contributed by atoms with E-state index >= 15 is 0 Å². The molecular weight excluding hydrogens is 209 g/mol. The Morgan fingerprint density at radius 1 is 1.62 bits per heavy atom. The summed E-state index contributed by atoms with van der Waals surface area (Å²) in [6.07, 6.45) is -4.28. The molecule has 0 spiro atoms. The standard InChI is InChI=1S/C7H8ClF3O2/c1-3-4-6(2,5(12)13-8)7(9,10)11/h3H,1,4H2,2H3. The average Bonchev–Trinajstić information content (AvgIpc) is 2.01. The molecule has 1 unspecified atom stereocenters. The van der Waals surface area contributed by atoms with E-state index in [-0.39, 0.29) is 0 Å². The van der Waals surface area contributed by atoms with E-state index in [0.29, 0.717) is 6.92 Å². The quantitative estimate of drug-likeness (QED) is 0.678. The van der Waals surface area contributed by atoms with Crippen LogP contribution in [-0.4, -0.2) is 12.1 Å². The number of allylic oxidation sites excluding steroid dienone is 1. The molecule has 0 N–H and O–H groups in total. The van der Waals surface area contributed by atoms with Gasteiger partial charge in [0.2, 0.25) is 0 Å². The van der Waals surface area contributed by atoms with Gasteiger partial charge >= 0.3 is 12.1 Å². The highest BCUT2D eigenvalue weighted by Gasteiger charge is 2.57.